The van der Waals surface area contributed by atoms with Crippen LogP contribution in [0.15, 0.2) is 72.8 Å². The maximum Gasteiger partial charge on any atom is 0.261 e. The van der Waals surface area contributed by atoms with Crippen molar-refractivity contribution in [1.82, 2.24) is 5.32 Å². The number of benzene rings is 3. The third-order valence-electron chi connectivity index (χ3n) is 4.44. The van der Waals surface area contributed by atoms with Crippen molar-refractivity contribution >= 4 is 17.5 Å². The lowest BCUT2D eigenvalue weighted by molar-refractivity contribution is -0.127. The lowest BCUT2D eigenvalue weighted by atomic mass is 10.1. The van der Waals surface area contributed by atoms with Crippen molar-refractivity contribution in [1.29, 1.82) is 0 Å². The molecular weight excluding hydrogens is 377 g/mol. The van der Waals surface area contributed by atoms with Gasteiger partial charge in [0.2, 0.25) is 0 Å². The summed E-state index contributed by atoms with van der Waals surface area (Å²) in [4.78, 5) is 12.4. The van der Waals surface area contributed by atoms with Crippen LogP contribution >= 0.6 is 11.6 Å². The number of halogens is 2. The lowest BCUT2D eigenvalue weighted by Gasteiger charge is -2.19. The zero-order chi connectivity index (χ0) is 20.1. The summed E-state index contributed by atoms with van der Waals surface area (Å²) in [5.74, 6) is -0.147. The quantitative estimate of drug-likeness (QED) is 0.571. The Morgan fingerprint density at radius 2 is 1.64 bits per heavy atom. The van der Waals surface area contributed by atoms with Gasteiger partial charge in [0.05, 0.1) is 11.1 Å². The number of hydrogen-bond donors (Lipinski definition) is 1. The van der Waals surface area contributed by atoms with E-state index in [9.17, 15) is 9.18 Å². The van der Waals surface area contributed by atoms with Crippen LogP contribution < -0.4 is 10.1 Å². The molecule has 3 aromatic carbocycles. The van der Waals surface area contributed by atoms with Gasteiger partial charge in [-0.2, -0.15) is 0 Å². The first-order chi connectivity index (χ1) is 13.4. The minimum Gasteiger partial charge on any atom is -0.479 e. The molecule has 0 aromatic heterocycles. The highest BCUT2D eigenvalue weighted by molar-refractivity contribution is 6.32. The van der Waals surface area contributed by atoms with E-state index in [0.29, 0.717) is 10.8 Å². The molecule has 3 aromatic rings. The molecule has 0 radical (unpaired) electrons. The number of amides is 1. The molecule has 2 atom stereocenters. The Bertz CT molecular complexity index is 945. The normalized spacial score (nSPS) is 12.9. The van der Waals surface area contributed by atoms with E-state index in [0.717, 1.165) is 16.7 Å². The second kappa shape index (κ2) is 8.89. The van der Waals surface area contributed by atoms with Gasteiger partial charge in [0.15, 0.2) is 6.10 Å². The van der Waals surface area contributed by atoms with E-state index < -0.39 is 6.10 Å². The standard InChI is InChI=1S/C23H21ClFNO2/c1-15(17-8-11-20(25)12-9-17)26-23(27)16(2)28-22-13-10-19(14-21(22)24)18-6-4-3-5-7-18/h3-16H,1-2H3,(H,26,27)/t15-,16+/m0/s1. The molecule has 0 aliphatic heterocycles. The van der Waals surface area contributed by atoms with Gasteiger partial charge in [0.1, 0.15) is 11.6 Å². The van der Waals surface area contributed by atoms with Crippen molar-refractivity contribution in [2.45, 2.75) is 26.0 Å². The third kappa shape index (κ3) is 4.90. The molecule has 28 heavy (non-hydrogen) atoms. The van der Waals surface area contributed by atoms with Crippen LogP contribution in [-0.2, 0) is 4.79 Å². The number of hydrogen-bond acceptors (Lipinski definition) is 2. The first-order valence-corrected chi connectivity index (χ1v) is 9.39. The van der Waals surface area contributed by atoms with Gasteiger partial charge in [-0.1, -0.05) is 60.1 Å². The Morgan fingerprint density at radius 1 is 0.964 bits per heavy atom. The summed E-state index contributed by atoms with van der Waals surface area (Å²) in [5, 5.41) is 3.30. The zero-order valence-electron chi connectivity index (χ0n) is 15.7. The summed E-state index contributed by atoms with van der Waals surface area (Å²) in [6.45, 7) is 3.49. The number of rotatable bonds is 6. The van der Waals surface area contributed by atoms with Crippen LogP contribution in [0.25, 0.3) is 11.1 Å². The van der Waals surface area contributed by atoms with Crippen LogP contribution in [0.2, 0.25) is 5.02 Å². The van der Waals surface area contributed by atoms with Gasteiger partial charge in [0.25, 0.3) is 5.91 Å². The van der Waals surface area contributed by atoms with Crippen LogP contribution in [-0.4, -0.2) is 12.0 Å². The highest BCUT2D eigenvalue weighted by Crippen LogP contribution is 2.31. The van der Waals surface area contributed by atoms with Crippen LogP contribution in [0.4, 0.5) is 4.39 Å². The monoisotopic (exact) mass is 397 g/mol. The Kier molecular flexibility index (Phi) is 6.32. The summed E-state index contributed by atoms with van der Waals surface area (Å²) in [7, 11) is 0. The van der Waals surface area contributed by atoms with Crippen molar-refractivity contribution in [3.05, 3.63) is 89.2 Å². The highest BCUT2D eigenvalue weighted by Gasteiger charge is 2.19. The van der Waals surface area contributed by atoms with Crippen molar-refractivity contribution in [3.8, 4) is 16.9 Å². The molecule has 144 valence electrons. The first-order valence-electron chi connectivity index (χ1n) is 9.01. The third-order valence-corrected chi connectivity index (χ3v) is 4.74. The van der Waals surface area contributed by atoms with E-state index >= 15 is 0 Å². The fourth-order valence-corrected chi connectivity index (χ4v) is 3.04. The van der Waals surface area contributed by atoms with Crippen molar-refractivity contribution in [2.24, 2.45) is 0 Å². The SMILES string of the molecule is C[C@H](NC(=O)[C@@H](C)Oc1ccc(-c2ccccc2)cc1Cl)c1ccc(F)cc1. The largest absolute Gasteiger partial charge is 0.479 e. The second-order valence-electron chi connectivity index (χ2n) is 6.55. The number of nitrogens with one attached hydrogen (secondary N) is 1. The van der Waals surface area contributed by atoms with Gasteiger partial charge in [-0.25, -0.2) is 4.39 Å². The Hall–Kier alpha value is -2.85. The van der Waals surface area contributed by atoms with Crippen LogP contribution in [0.5, 0.6) is 5.75 Å². The summed E-state index contributed by atoms with van der Waals surface area (Å²) in [5.41, 5.74) is 2.84. The minimum absolute atomic E-state index is 0.268. The van der Waals surface area contributed by atoms with E-state index in [-0.39, 0.29) is 17.8 Å². The zero-order valence-corrected chi connectivity index (χ0v) is 16.4. The number of ether oxygens (including phenoxy) is 1. The van der Waals surface area contributed by atoms with E-state index in [1.54, 1.807) is 25.1 Å². The Labute approximate surface area is 169 Å². The fraction of sp³-hybridized carbons (Fsp3) is 0.174. The van der Waals surface area contributed by atoms with Gasteiger partial charge >= 0.3 is 0 Å². The molecule has 0 aliphatic carbocycles. The molecule has 1 amide bonds. The van der Waals surface area contributed by atoms with Gasteiger partial charge in [-0.3, -0.25) is 4.79 Å². The summed E-state index contributed by atoms with van der Waals surface area (Å²) in [6, 6.07) is 21.1. The predicted octanol–water partition coefficient (Wildman–Crippen LogP) is 5.79. The van der Waals surface area contributed by atoms with E-state index in [1.165, 1.54) is 12.1 Å². The molecule has 0 saturated carbocycles. The molecule has 3 nitrogen and oxygen atoms in total. The Balaban J connectivity index is 1.64. The molecule has 0 fully saturated rings. The molecule has 0 heterocycles. The van der Waals surface area contributed by atoms with Crippen LogP contribution in [0.3, 0.4) is 0 Å². The maximum absolute atomic E-state index is 13.0. The second-order valence-corrected chi connectivity index (χ2v) is 6.96. The summed E-state index contributed by atoms with van der Waals surface area (Å²) >= 11 is 6.35. The molecule has 1 N–H and O–H groups in total. The van der Waals surface area contributed by atoms with Crippen molar-refractivity contribution in [3.63, 3.8) is 0 Å². The molecule has 0 saturated heterocycles. The molecule has 5 heteroatoms. The van der Waals surface area contributed by atoms with Gasteiger partial charge < -0.3 is 10.1 Å². The van der Waals surface area contributed by atoms with E-state index in [1.807, 2.05) is 49.4 Å². The fourth-order valence-electron chi connectivity index (χ4n) is 2.82. The predicted molar refractivity (Wildman–Crippen MR) is 110 cm³/mol. The molecule has 0 bridgehead atoms. The molecule has 3 rings (SSSR count). The number of carbonyl (C=O) groups excluding carboxylic acids is 1. The number of carbonyl (C=O) groups is 1. The molecular formula is C23H21ClFNO2. The summed E-state index contributed by atoms with van der Waals surface area (Å²) < 4.78 is 18.8. The summed E-state index contributed by atoms with van der Waals surface area (Å²) in [6.07, 6.45) is -0.733. The Morgan fingerprint density at radius 3 is 2.29 bits per heavy atom. The smallest absolute Gasteiger partial charge is 0.261 e. The lowest BCUT2D eigenvalue weighted by Crippen LogP contribution is -2.37. The van der Waals surface area contributed by atoms with Crippen molar-refractivity contribution < 1.29 is 13.9 Å². The van der Waals surface area contributed by atoms with Gasteiger partial charge in [0, 0.05) is 0 Å². The molecule has 0 unspecified atom stereocenters. The van der Waals surface area contributed by atoms with Gasteiger partial charge in [-0.05, 0) is 54.8 Å². The molecule has 0 aliphatic rings. The average molecular weight is 398 g/mol. The average Bonchev–Trinajstić information content (AvgIpc) is 2.70. The topological polar surface area (TPSA) is 38.3 Å². The van der Waals surface area contributed by atoms with Crippen molar-refractivity contribution in [2.75, 3.05) is 0 Å². The van der Waals surface area contributed by atoms with E-state index in [2.05, 4.69) is 5.32 Å². The molecule has 0 spiro atoms. The van der Waals surface area contributed by atoms with Crippen LogP contribution in [0, 0.1) is 5.82 Å². The highest BCUT2D eigenvalue weighted by atomic mass is 35.5. The van der Waals surface area contributed by atoms with Crippen LogP contribution in [0.1, 0.15) is 25.5 Å². The van der Waals surface area contributed by atoms with Gasteiger partial charge in [-0.15, -0.1) is 0 Å². The first kappa shape index (κ1) is 19.9. The minimum atomic E-state index is -0.733. The van der Waals surface area contributed by atoms with E-state index in [4.69, 9.17) is 16.3 Å². The maximum atomic E-state index is 13.0.